The molecule has 1 aliphatic heterocycles. The topological polar surface area (TPSA) is 120 Å². The number of para-hydroxylation sites is 1. The van der Waals surface area contributed by atoms with E-state index < -0.39 is 16.9 Å². The molecule has 0 aromatic heterocycles. The Morgan fingerprint density at radius 3 is 2.56 bits per heavy atom. The van der Waals surface area contributed by atoms with E-state index in [-0.39, 0.29) is 30.2 Å². The molecule has 36 heavy (non-hydrogen) atoms. The van der Waals surface area contributed by atoms with E-state index in [1.165, 1.54) is 24.3 Å². The van der Waals surface area contributed by atoms with Crippen molar-refractivity contribution in [2.45, 2.75) is 26.1 Å². The number of rotatable bonds is 7. The molecule has 1 aliphatic rings. The summed E-state index contributed by atoms with van der Waals surface area (Å²) in [4.78, 5) is 37.8. The van der Waals surface area contributed by atoms with Gasteiger partial charge in [0.1, 0.15) is 5.75 Å². The maximum atomic E-state index is 13.1. The van der Waals surface area contributed by atoms with E-state index in [1.54, 1.807) is 50.3 Å². The van der Waals surface area contributed by atoms with Crippen molar-refractivity contribution < 1.29 is 28.7 Å². The van der Waals surface area contributed by atoms with E-state index in [1.807, 2.05) is 12.1 Å². The Labute approximate surface area is 207 Å². The molecule has 0 radical (unpaired) electrons. The third kappa shape index (κ3) is 5.07. The number of amides is 2. The second-order valence-corrected chi connectivity index (χ2v) is 8.19. The largest absolute Gasteiger partial charge is 0.493 e. The molecule has 1 heterocycles. The van der Waals surface area contributed by atoms with Crippen molar-refractivity contribution in [2.24, 2.45) is 0 Å². The van der Waals surface area contributed by atoms with Crippen LogP contribution < -0.4 is 19.5 Å². The van der Waals surface area contributed by atoms with E-state index >= 15 is 0 Å². The first-order valence-corrected chi connectivity index (χ1v) is 11.1. The Kier molecular flexibility index (Phi) is 7.05. The summed E-state index contributed by atoms with van der Waals surface area (Å²) in [5, 5.41) is 13.6. The Balaban J connectivity index is 1.57. The molecule has 0 aliphatic carbocycles. The number of fused-ring (bicyclic) bond motifs is 1. The molecular weight excluding hydrogens is 466 g/mol. The zero-order valence-corrected chi connectivity index (χ0v) is 20.0. The molecule has 0 bridgehead atoms. The van der Waals surface area contributed by atoms with Crippen LogP contribution >= 0.6 is 0 Å². The highest BCUT2D eigenvalue weighted by molar-refractivity contribution is 6.04. The fourth-order valence-electron chi connectivity index (χ4n) is 4.03. The smallest absolute Gasteiger partial charge is 0.269 e. The van der Waals surface area contributed by atoms with Crippen molar-refractivity contribution in [3.63, 3.8) is 0 Å². The van der Waals surface area contributed by atoms with Gasteiger partial charge >= 0.3 is 0 Å². The molecule has 0 saturated heterocycles. The molecule has 1 atom stereocenters. The van der Waals surface area contributed by atoms with Crippen LogP contribution in [0.15, 0.2) is 60.7 Å². The van der Waals surface area contributed by atoms with Gasteiger partial charge in [0.05, 0.1) is 19.1 Å². The summed E-state index contributed by atoms with van der Waals surface area (Å²) in [6.45, 7) is 2.21. The minimum atomic E-state index is -0.705. The van der Waals surface area contributed by atoms with Gasteiger partial charge in [0.15, 0.2) is 17.6 Å². The normalized spacial score (nSPS) is 14.8. The van der Waals surface area contributed by atoms with Crippen LogP contribution in [0.4, 0.5) is 11.4 Å². The first kappa shape index (κ1) is 24.5. The summed E-state index contributed by atoms with van der Waals surface area (Å²) >= 11 is 0. The van der Waals surface area contributed by atoms with E-state index in [4.69, 9.17) is 14.2 Å². The number of carbonyl (C=O) groups excluding carboxylic acids is 2. The predicted octanol–water partition coefficient (Wildman–Crippen LogP) is 4.17. The summed E-state index contributed by atoms with van der Waals surface area (Å²) in [6, 6.07) is 16.0. The number of hydrogen-bond donors (Lipinski definition) is 1. The highest BCUT2D eigenvalue weighted by atomic mass is 16.6. The molecule has 10 heteroatoms. The molecule has 0 spiro atoms. The molecule has 4 rings (SSSR count). The van der Waals surface area contributed by atoms with Crippen molar-refractivity contribution in [1.29, 1.82) is 0 Å². The molecule has 2 amide bonds. The monoisotopic (exact) mass is 491 g/mol. The molecule has 10 nitrogen and oxygen atoms in total. The molecule has 0 fully saturated rings. The molecular formula is C26H25N3O7. The number of nitro groups is 1. The second kappa shape index (κ2) is 10.3. The predicted molar refractivity (Wildman–Crippen MR) is 131 cm³/mol. The summed E-state index contributed by atoms with van der Waals surface area (Å²) < 4.78 is 16.8. The van der Waals surface area contributed by atoms with Gasteiger partial charge in [-0.25, -0.2) is 0 Å². The van der Waals surface area contributed by atoms with Crippen LogP contribution in [0.25, 0.3) is 0 Å². The lowest BCUT2D eigenvalue weighted by Gasteiger charge is -2.24. The average molecular weight is 492 g/mol. The van der Waals surface area contributed by atoms with E-state index in [0.29, 0.717) is 22.9 Å². The van der Waals surface area contributed by atoms with Crippen LogP contribution in [-0.2, 0) is 17.9 Å². The van der Waals surface area contributed by atoms with Gasteiger partial charge in [-0.2, -0.15) is 0 Å². The molecule has 3 aromatic carbocycles. The van der Waals surface area contributed by atoms with Crippen LogP contribution in [0.5, 0.6) is 17.2 Å². The quantitative estimate of drug-likeness (QED) is 0.389. The molecule has 0 saturated carbocycles. The lowest BCUT2D eigenvalue weighted by atomic mass is 10.1. The van der Waals surface area contributed by atoms with Crippen LogP contribution in [0.1, 0.15) is 28.4 Å². The number of methoxy groups -OCH3 is 2. The maximum Gasteiger partial charge on any atom is 0.269 e. The average Bonchev–Trinajstić information content (AvgIpc) is 2.99. The second-order valence-electron chi connectivity index (χ2n) is 8.19. The Morgan fingerprint density at radius 2 is 1.89 bits per heavy atom. The fraction of sp³-hybridized carbons (Fsp3) is 0.231. The van der Waals surface area contributed by atoms with Crippen LogP contribution in [0.3, 0.4) is 0 Å². The zero-order chi connectivity index (χ0) is 25.8. The zero-order valence-electron chi connectivity index (χ0n) is 20.0. The standard InChI is InChI=1S/C26H25N3O7/c1-16-26(31)28(14-18-5-4-6-23(34-2)24(18)35-3)15-19-13-20(9-12-22(19)36-16)27-25(30)17-7-10-21(11-8-17)29(32)33/h4-13,16H,14-15H2,1-3H3,(H,27,30)/t16-/m1/s1. The van der Waals surface area contributed by atoms with Crippen LogP contribution in [0.2, 0.25) is 0 Å². The van der Waals surface area contributed by atoms with Gasteiger partial charge in [-0.15, -0.1) is 0 Å². The van der Waals surface area contributed by atoms with Gasteiger partial charge in [0, 0.05) is 47.6 Å². The van der Waals surface area contributed by atoms with Crippen molar-refractivity contribution >= 4 is 23.2 Å². The van der Waals surface area contributed by atoms with Gasteiger partial charge < -0.3 is 24.4 Å². The first-order chi connectivity index (χ1) is 17.3. The number of hydrogen-bond acceptors (Lipinski definition) is 7. The summed E-state index contributed by atoms with van der Waals surface area (Å²) in [7, 11) is 3.10. The Hall–Kier alpha value is -4.60. The summed E-state index contributed by atoms with van der Waals surface area (Å²) in [6.07, 6.45) is -0.705. The van der Waals surface area contributed by atoms with E-state index in [0.717, 1.165) is 11.1 Å². The highest BCUT2D eigenvalue weighted by Crippen LogP contribution is 2.34. The number of benzene rings is 3. The Bertz CT molecular complexity index is 1310. The third-order valence-electron chi connectivity index (χ3n) is 5.83. The number of ether oxygens (including phenoxy) is 3. The first-order valence-electron chi connectivity index (χ1n) is 11.1. The number of anilines is 1. The number of nitro benzene ring substituents is 1. The van der Waals surface area contributed by atoms with E-state index in [2.05, 4.69) is 5.32 Å². The molecule has 1 N–H and O–H groups in total. The lowest BCUT2D eigenvalue weighted by Crippen LogP contribution is -2.37. The molecule has 3 aromatic rings. The summed E-state index contributed by atoms with van der Waals surface area (Å²) in [5.41, 5.74) is 2.18. The SMILES string of the molecule is COc1cccc(CN2Cc3cc(NC(=O)c4ccc([N+](=O)[O-])cc4)ccc3O[C@H](C)C2=O)c1OC. The van der Waals surface area contributed by atoms with Crippen LogP contribution in [0, 0.1) is 10.1 Å². The van der Waals surface area contributed by atoms with Crippen molar-refractivity contribution in [1.82, 2.24) is 4.90 Å². The number of non-ortho nitro benzene ring substituents is 1. The van der Waals surface area contributed by atoms with Gasteiger partial charge in [-0.05, 0) is 43.3 Å². The summed E-state index contributed by atoms with van der Waals surface area (Å²) in [5.74, 6) is 1.06. The van der Waals surface area contributed by atoms with Gasteiger partial charge in [-0.1, -0.05) is 12.1 Å². The maximum absolute atomic E-state index is 13.1. The Morgan fingerprint density at radius 1 is 1.14 bits per heavy atom. The van der Waals surface area contributed by atoms with Gasteiger partial charge in [-0.3, -0.25) is 19.7 Å². The molecule has 0 unspecified atom stereocenters. The number of carbonyl (C=O) groups is 2. The lowest BCUT2D eigenvalue weighted by molar-refractivity contribution is -0.384. The minimum Gasteiger partial charge on any atom is -0.493 e. The number of nitrogens with zero attached hydrogens (tertiary/aromatic N) is 2. The number of nitrogens with one attached hydrogen (secondary N) is 1. The van der Waals surface area contributed by atoms with Gasteiger partial charge in [0.25, 0.3) is 17.5 Å². The fourth-order valence-corrected chi connectivity index (χ4v) is 4.03. The van der Waals surface area contributed by atoms with Crippen molar-refractivity contribution in [2.75, 3.05) is 19.5 Å². The highest BCUT2D eigenvalue weighted by Gasteiger charge is 2.29. The van der Waals surface area contributed by atoms with Crippen molar-refractivity contribution in [3.05, 3.63) is 87.5 Å². The van der Waals surface area contributed by atoms with E-state index in [9.17, 15) is 19.7 Å². The molecule has 186 valence electrons. The minimum absolute atomic E-state index is 0.0970. The third-order valence-corrected chi connectivity index (χ3v) is 5.83. The van der Waals surface area contributed by atoms with Crippen LogP contribution in [-0.4, -0.2) is 42.0 Å². The van der Waals surface area contributed by atoms with Gasteiger partial charge in [0.2, 0.25) is 0 Å². The van der Waals surface area contributed by atoms with Crippen molar-refractivity contribution in [3.8, 4) is 17.2 Å².